The van der Waals surface area contributed by atoms with Gasteiger partial charge in [-0.05, 0) is 24.5 Å². The smallest absolute Gasteiger partial charge is 0.233 e. The third kappa shape index (κ3) is 4.95. The minimum atomic E-state index is -0.152. The van der Waals surface area contributed by atoms with Crippen molar-refractivity contribution >= 4 is 17.3 Å². The number of aromatic amines is 1. The van der Waals surface area contributed by atoms with Gasteiger partial charge in [0.15, 0.2) is 0 Å². The fourth-order valence-corrected chi connectivity index (χ4v) is 3.32. The molecule has 1 aromatic carbocycles. The molecule has 0 radical (unpaired) electrons. The van der Waals surface area contributed by atoms with Gasteiger partial charge in [0.2, 0.25) is 18.2 Å². The Labute approximate surface area is 158 Å². The fourth-order valence-electron chi connectivity index (χ4n) is 3.32. The Hall–Kier alpha value is -2.67. The van der Waals surface area contributed by atoms with E-state index in [1.54, 1.807) is 0 Å². The van der Waals surface area contributed by atoms with Crippen LogP contribution in [0.4, 0.5) is 0 Å². The summed E-state index contributed by atoms with van der Waals surface area (Å²) in [6, 6.07) is 8.19. The number of hydrogen-bond acceptors (Lipinski definition) is 5. The Morgan fingerprint density at radius 2 is 2.11 bits per heavy atom. The van der Waals surface area contributed by atoms with E-state index in [-0.39, 0.29) is 12.5 Å². The second-order valence-corrected chi connectivity index (χ2v) is 6.81. The molecular formula is C20H26N4O3. The van der Waals surface area contributed by atoms with E-state index >= 15 is 0 Å². The summed E-state index contributed by atoms with van der Waals surface area (Å²) < 4.78 is 5.85. The maximum absolute atomic E-state index is 10.8. The van der Waals surface area contributed by atoms with Gasteiger partial charge < -0.3 is 9.40 Å². The Kier molecular flexibility index (Phi) is 6.59. The average Bonchev–Trinajstić information content (AvgIpc) is 3.32. The van der Waals surface area contributed by atoms with Gasteiger partial charge in [0.05, 0.1) is 12.5 Å². The number of benzene rings is 1. The SMILES string of the molecule is CCCCC[C@@H](CN(O)C=O)c1nnc(CCc2c[nH]c3ccccc23)o1. The standard InChI is InChI=1S/C20H26N4O3/c1-2-3-4-7-16(13-24(26)14-25)20-23-22-19(27-20)11-10-15-12-21-18-9-6-5-8-17(15)18/h5-6,8-9,12,14,16,21,26H,2-4,7,10-11,13H2,1H3/t16-/m0/s1. The molecule has 7 heteroatoms. The summed E-state index contributed by atoms with van der Waals surface area (Å²) in [6.45, 7) is 2.30. The first-order valence-electron chi connectivity index (χ1n) is 9.49. The molecule has 0 bridgehead atoms. The summed E-state index contributed by atoms with van der Waals surface area (Å²) in [4.78, 5) is 14.0. The van der Waals surface area contributed by atoms with Crippen LogP contribution in [-0.4, -0.2) is 38.4 Å². The fraction of sp³-hybridized carbons (Fsp3) is 0.450. The molecule has 0 saturated carbocycles. The quantitative estimate of drug-likeness (QED) is 0.231. The number of hydrogen-bond donors (Lipinski definition) is 2. The number of aromatic nitrogens is 3. The monoisotopic (exact) mass is 370 g/mol. The topological polar surface area (TPSA) is 95.2 Å². The number of amides is 1. The zero-order chi connectivity index (χ0) is 19.1. The number of para-hydroxylation sites is 1. The predicted octanol–water partition coefficient (Wildman–Crippen LogP) is 3.85. The molecule has 0 aliphatic carbocycles. The number of nitrogens with zero attached hydrogens (tertiary/aromatic N) is 3. The third-order valence-electron chi connectivity index (χ3n) is 4.80. The highest BCUT2D eigenvalue weighted by molar-refractivity contribution is 5.83. The van der Waals surface area contributed by atoms with E-state index in [1.165, 1.54) is 10.9 Å². The van der Waals surface area contributed by atoms with Crippen LogP contribution in [0.15, 0.2) is 34.9 Å². The van der Waals surface area contributed by atoms with Crippen molar-refractivity contribution in [1.29, 1.82) is 0 Å². The van der Waals surface area contributed by atoms with Gasteiger partial charge in [0.1, 0.15) is 0 Å². The Morgan fingerprint density at radius 3 is 2.93 bits per heavy atom. The Balaban J connectivity index is 1.65. The van der Waals surface area contributed by atoms with E-state index in [0.29, 0.717) is 29.7 Å². The molecular weight excluding hydrogens is 344 g/mol. The molecule has 0 unspecified atom stereocenters. The zero-order valence-corrected chi connectivity index (χ0v) is 15.6. The Bertz CT molecular complexity index is 858. The number of hydroxylamine groups is 2. The summed E-state index contributed by atoms with van der Waals surface area (Å²) in [5, 5.41) is 19.7. The van der Waals surface area contributed by atoms with Gasteiger partial charge in [-0.1, -0.05) is 44.4 Å². The van der Waals surface area contributed by atoms with Crippen molar-refractivity contribution in [3.05, 3.63) is 47.8 Å². The molecule has 27 heavy (non-hydrogen) atoms. The van der Waals surface area contributed by atoms with E-state index < -0.39 is 0 Å². The van der Waals surface area contributed by atoms with Gasteiger partial charge in [-0.2, -0.15) is 0 Å². The lowest BCUT2D eigenvalue weighted by atomic mass is 10.0. The number of unbranched alkanes of at least 4 members (excludes halogenated alkanes) is 2. The first-order valence-corrected chi connectivity index (χ1v) is 9.49. The lowest BCUT2D eigenvalue weighted by Crippen LogP contribution is -2.24. The largest absolute Gasteiger partial charge is 0.425 e. The van der Waals surface area contributed by atoms with Crippen LogP contribution in [0, 0.1) is 0 Å². The van der Waals surface area contributed by atoms with Crippen LogP contribution < -0.4 is 0 Å². The molecule has 0 saturated heterocycles. The van der Waals surface area contributed by atoms with E-state index in [0.717, 1.165) is 37.6 Å². The molecule has 144 valence electrons. The molecule has 0 fully saturated rings. The number of carbonyl (C=O) groups excluding carboxylic acids is 1. The first kappa shape index (κ1) is 19.1. The second kappa shape index (κ2) is 9.32. The second-order valence-electron chi connectivity index (χ2n) is 6.81. The molecule has 0 spiro atoms. The van der Waals surface area contributed by atoms with Crippen molar-refractivity contribution in [1.82, 2.24) is 20.2 Å². The summed E-state index contributed by atoms with van der Waals surface area (Å²) in [5.74, 6) is 0.911. The van der Waals surface area contributed by atoms with Gasteiger partial charge in [0, 0.05) is 23.5 Å². The van der Waals surface area contributed by atoms with Crippen molar-refractivity contribution < 1.29 is 14.4 Å². The highest BCUT2D eigenvalue weighted by Crippen LogP contribution is 2.24. The maximum Gasteiger partial charge on any atom is 0.233 e. The molecule has 3 aromatic rings. The summed E-state index contributed by atoms with van der Waals surface area (Å²) in [7, 11) is 0. The number of H-pyrrole nitrogens is 1. The first-order chi connectivity index (χ1) is 13.2. The molecule has 2 N–H and O–H groups in total. The molecule has 3 rings (SSSR count). The Morgan fingerprint density at radius 1 is 1.26 bits per heavy atom. The number of nitrogens with one attached hydrogen (secondary N) is 1. The summed E-state index contributed by atoms with van der Waals surface area (Å²) in [5.41, 5.74) is 2.33. The molecule has 0 aliphatic heterocycles. The normalized spacial score (nSPS) is 12.4. The van der Waals surface area contributed by atoms with Gasteiger partial charge in [-0.3, -0.25) is 10.0 Å². The lowest BCUT2D eigenvalue weighted by Gasteiger charge is -2.16. The molecule has 0 aliphatic rings. The van der Waals surface area contributed by atoms with Crippen LogP contribution in [-0.2, 0) is 17.6 Å². The molecule has 1 atom stereocenters. The highest BCUT2D eigenvalue weighted by Gasteiger charge is 2.21. The van der Waals surface area contributed by atoms with Crippen LogP contribution >= 0.6 is 0 Å². The van der Waals surface area contributed by atoms with E-state index in [1.807, 2.05) is 18.3 Å². The number of aryl methyl sites for hydroxylation is 2. The van der Waals surface area contributed by atoms with Gasteiger partial charge in [-0.25, -0.2) is 5.06 Å². The summed E-state index contributed by atoms with van der Waals surface area (Å²) >= 11 is 0. The minimum absolute atomic E-state index is 0.152. The number of carbonyl (C=O) groups is 1. The van der Waals surface area contributed by atoms with Gasteiger partial charge >= 0.3 is 0 Å². The third-order valence-corrected chi connectivity index (χ3v) is 4.80. The van der Waals surface area contributed by atoms with Crippen LogP contribution in [0.2, 0.25) is 0 Å². The maximum atomic E-state index is 10.8. The molecule has 2 heterocycles. The average molecular weight is 370 g/mol. The van der Waals surface area contributed by atoms with Gasteiger partial charge in [0.25, 0.3) is 0 Å². The zero-order valence-electron chi connectivity index (χ0n) is 15.6. The van der Waals surface area contributed by atoms with Crippen molar-refractivity contribution in [2.75, 3.05) is 6.54 Å². The minimum Gasteiger partial charge on any atom is -0.425 e. The van der Waals surface area contributed by atoms with Crippen molar-refractivity contribution in [2.24, 2.45) is 0 Å². The number of rotatable bonds is 11. The highest BCUT2D eigenvalue weighted by atomic mass is 16.5. The van der Waals surface area contributed by atoms with E-state index in [4.69, 9.17) is 4.42 Å². The lowest BCUT2D eigenvalue weighted by molar-refractivity contribution is -0.151. The molecule has 1 amide bonds. The number of fused-ring (bicyclic) bond motifs is 1. The molecule has 2 aromatic heterocycles. The van der Waals surface area contributed by atoms with E-state index in [2.05, 4.69) is 34.2 Å². The van der Waals surface area contributed by atoms with Crippen LogP contribution in [0.1, 0.15) is 55.9 Å². The summed E-state index contributed by atoms with van der Waals surface area (Å²) in [6.07, 6.45) is 7.83. The van der Waals surface area contributed by atoms with Crippen LogP contribution in [0.3, 0.4) is 0 Å². The van der Waals surface area contributed by atoms with Crippen molar-refractivity contribution in [2.45, 2.75) is 51.4 Å². The van der Waals surface area contributed by atoms with Crippen LogP contribution in [0.5, 0.6) is 0 Å². The predicted molar refractivity (Wildman–Crippen MR) is 101 cm³/mol. The van der Waals surface area contributed by atoms with Crippen molar-refractivity contribution in [3.63, 3.8) is 0 Å². The van der Waals surface area contributed by atoms with Crippen LogP contribution in [0.25, 0.3) is 10.9 Å². The molecule has 7 nitrogen and oxygen atoms in total. The van der Waals surface area contributed by atoms with E-state index in [9.17, 15) is 10.0 Å². The van der Waals surface area contributed by atoms with Crippen molar-refractivity contribution in [3.8, 4) is 0 Å². The van der Waals surface area contributed by atoms with Gasteiger partial charge in [-0.15, -0.1) is 10.2 Å².